The SMILES string of the molecule is Bc1ccc2cc(C(=O)Nc3nc(C)cc(C)c3C)[nH]c2c1. The quantitative estimate of drug-likeness (QED) is 0.709. The number of aromatic nitrogens is 2. The van der Waals surface area contributed by atoms with Crippen molar-refractivity contribution >= 4 is 35.9 Å². The number of fused-ring (bicyclic) bond motifs is 1. The molecule has 5 heteroatoms. The van der Waals surface area contributed by atoms with Gasteiger partial charge in [-0.05, 0) is 50.1 Å². The van der Waals surface area contributed by atoms with E-state index in [0.717, 1.165) is 33.2 Å². The second-order valence-corrected chi connectivity index (χ2v) is 5.78. The van der Waals surface area contributed by atoms with Gasteiger partial charge in [-0.2, -0.15) is 0 Å². The van der Waals surface area contributed by atoms with Crippen molar-refractivity contribution in [3.8, 4) is 0 Å². The monoisotopic (exact) mass is 291 g/mol. The van der Waals surface area contributed by atoms with Crippen molar-refractivity contribution in [2.45, 2.75) is 20.8 Å². The van der Waals surface area contributed by atoms with Crippen molar-refractivity contribution < 1.29 is 4.79 Å². The molecule has 1 aromatic carbocycles. The predicted octanol–water partition coefficient (Wildman–Crippen LogP) is 2.00. The molecule has 2 heterocycles. The summed E-state index contributed by atoms with van der Waals surface area (Å²) in [5, 5.41) is 3.93. The third-order valence-corrected chi connectivity index (χ3v) is 3.91. The molecule has 0 radical (unpaired) electrons. The number of hydrogen-bond donors (Lipinski definition) is 2. The second-order valence-electron chi connectivity index (χ2n) is 5.78. The number of carbonyl (C=O) groups excluding carboxylic acids is 1. The average molecular weight is 291 g/mol. The van der Waals surface area contributed by atoms with Gasteiger partial charge < -0.3 is 10.3 Å². The molecule has 0 bridgehead atoms. The van der Waals surface area contributed by atoms with E-state index < -0.39 is 0 Å². The Bertz CT molecular complexity index is 883. The summed E-state index contributed by atoms with van der Waals surface area (Å²) < 4.78 is 0. The number of pyridine rings is 1. The minimum Gasteiger partial charge on any atom is -0.351 e. The van der Waals surface area contributed by atoms with Gasteiger partial charge in [0, 0.05) is 16.6 Å². The molecule has 22 heavy (non-hydrogen) atoms. The van der Waals surface area contributed by atoms with E-state index in [1.54, 1.807) is 0 Å². The lowest BCUT2D eigenvalue weighted by Gasteiger charge is -2.10. The molecular weight excluding hydrogens is 273 g/mol. The molecule has 0 aliphatic carbocycles. The van der Waals surface area contributed by atoms with Crippen LogP contribution in [0.4, 0.5) is 5.82 Å². The van der Waals surface area contributed by atoms with Crippen LogP contribution in [0.5, 0.6) is 0 Å². The largest absolute Gasteiger partial charge is 0.351 e. The van der Waals surface area contributed by atoms with Crippen LogP contribution in [0, 0.1) is 20.8 Å². The summed E-state index contributed by atoms with van der Waals surface area (Å²) in [6.45, 7) is 5.91. The van der Waals surface area contributed by atoms with Gasteiger partial charge in [-0.25, -0.2) is 4.98 Å². The molecule has 0 unspecified atom stereocenters. The summed E-state index contributed by atoms with van der Waals surface area (Å²) in [7, 11) is 2.03. The zero-order valence-corrected chi connectivity index (χ0v) is 13.2. The Kier molecular flexibility index (Phi) is 3.49. The zero-order chi connectivity index (χ0) is 15.9. The summed E-state index contributed by atoms with van der Waals surface area (Å²) in [6, 6.07) is 9.96. The molecule has 1 amide bonds. The summed E-state index contributed by atoms with van der Waals surface area (Å²) >= 11 is 0. The van der Waals surface area contributed by atoms with E-state index in [-0.39, 0.29) is 5.91 Å². The Hall–Kier alpha value is -2.56. The Morgan fingerprint density at radius 2 is 1.95 bits per heavy atom. The lowest BCUT2D eigenvalue weighted by molar-refractivity contribution is 0.102. The Morgan fingerprint density at radius 1 is 1.18 bits per heavy atom. The number of H-pyrrole nitrogens is 1. The molecule has 4 nitrogen and oxygen atoms in total. The van der Waals surface area contributed by atoms with Crippen molar-refractivity contribution in [2.75, 3.05) is 5.32 Å². The van der Waals surface area contributed by atoms with Crippen LogP contribution in [-0.2, 0) is 0 Å². The number of hydrogen-bond acceptors (Lipinski definition) is 2. The van der Waals surface area contributed by atoms with E-state index in [4.69, 9.17) is 0 Å². The summed E-state index contributed by atoms with van der Waals surface area (Å²) in [4.78, 5) is 20.0. The molecule has 0 saturated carbocycles. The number of carbonyl (C=O) groups is 1. The van der Waals surface area contributed by atoms with E-state index in [1.807, 2.05) is 58.9 Å². The second kappa shape index (κ2) is 5.33. The molecule has 0 fully saturated rings. The molecule has 0 atom stereocenters. The van der Waals surface area contributed by atoms with Crippen LogP contribution in [0.3, 0.4) is 0 Å². The van der Waals surface area contributed by atoms with Gasteiger partial charge in [0.1, 0.15) is 19.4 Å². The van der Waals surface area contributed by atoms with Crippen molar-refractivity contribution in [2.24, 2.45) is 0 Å². The summed E-state index contributed by atoms with van der Waals surface area (Å²) in [5.41, 5.74) is 5.68. The average Bonchev–Trinajstić information content (AvgIpc) is 2.87. The molecule has 0 saturated heterocycles. The van der Waals surface area contributed by atoms with Gasteiger partial charge in [-0.3, -0.25) is 4.79 Å². The number of anilines is 1. The smallest absolute Gasteiger partial charge is 0.273 e. The van der Waals surface area contributed by atoms with Crippen molar-refractivity contribution in [1.29, 1.82) is 0 Å². The van der Waals surface area contributed by atoms with Crippen LogP contribution in [-0.4, -0.2) is 23.7 Å². The lowest BCUT2D eigenvalue weighted by atomic mass is 9.96. The topological polar surface area (TPSA) is 57.8 Å². The number of nitrogens with one attached hydrogen (secondary N) is 2. The van der Waals surface area contributed by atoms with Gasteiger partial charge >= 0.3 is 0 Å². The fraction of sp³-hybridized carbons (Fsp3) is 0.176. The van der Waals surface area contributed by atoms with Gasteiger partial charge in [0.2, 0.25) is 0 Å². The Morgan fingerprint density at radius 3 is 2.73 bits per heavy atom. The minimum atomic E-state index is -0.172. The van der Waals surface area contributed by atoms with Crippen LogP contribution >= 0.6 is 0 Å². The van der Waals surface area contributed by atoms with E-state index in [2.05, 4.69) is 15.3 Å². The van der Waals surface area contributed by atoms with Gasteiger partial charge in [-0.1, -0.05) is 17.6 Å². The number of aryl methyl sites for hydroxylation is 2. The normalized spacial score (nSPS) is 10.9. The number of nitrogens with zero attached hydrogens (tertiary/aromatic N) is 1. The highest BCUT2D eigenvalue weighted by Crippen LogP contribution is 2.19. The first-order chi connectivity index (χ1) is 10.4. The van der Waals surface area contributed by atoms with Crippen molar-refractivity contribution in [1.82, 2.24) is 9.97 Å². The molecule has 0 aliphatic rings. The van der Waals surface area contributed by atoms with Crippen LogP contribution in [0.2, 0.25) is 0 Å². The highest BCUT2D eigenvalue weighted by Gasteiger charge is 2.13. The van der Waals surface area contributed by atoms with Gasteiger partial charge in [0.15, 0.2) is 0 Å². The van der Waals surface area contributed by atoms with Crippen LogP contribution in [0.25, 0.3) is 10.9 Å². The highest BCUT2D eigenvalue weighted by atomic mass is 16.1. The molecule has 3 rings (SSSR count). The predicted molar refractivity (Wildman–Crippen MR) is 92.9 cm³/mol. The van der Waals surface area contributed by atoms with E-state index >= 15 is 0 Å². The first kappa shape index (κ1) is 14.4. The van der Waals surface area contributed by atoms with Gasteiger partial charge in [-0.15, -0.1) is 0 Å². The fourth-order valence-electron chi connectivity index (χ4n) is 2.56. The number of aromatic amines is 1. The first-order valence-electron chi connectivity index (χ1n) is 7.29. The van der Waals surface area contributed by atoms with Gasteiger partial charge in [0.25, 0.3) is 5.91 Å². The minimum absolute atomic E-state index is 0.172. The first-order valence-corrected chi connectivity index (χ1v) is 7.29. The van der Waals surface area contributed by atoms with Gasteiger partial charge in [0.05, 0.1) is 0 Å². The maximum atomic E-state index is 12.5. The number of amides is 1. The molecular formula is C17H18BN3O. The Balaban J connectivity index is 1.93. The molecule has 110 valence electrons. The van der Waals surface area contributed by atoms with E-state index in [0.29, 0.717) is 11.5 Å². The molecule has 0 spiro atoms. The standard InChI is InChI=1S/C17H18BN3O/c1-9-6-10(2)19-16(11(9)3)21-17(22)15-7-12-4-5-13(18)8-14(12)20-15/h4-8,20H,18H2,1-3H3,(H,19,21,22). The molecule has 3 aromatic rings. The van der Waals surface area contributed by atoms with E-state index in [1.165, 1.54) is 0 Å². The highest BCUT2D eigenvalue weighted by molar-refractivity contribution is 6.33. The third-order valence-electron chi connectivity index (χ3n) is 3.91. The number of rotatable bonds is 2. The zero-order valence-electron chi connectivity index (χ0n) is 13.2. The molecule has 0 aliphatic heterocycles. The Labute approximate surface area is 130 Å². The van der Waals surface area contributed by atoms with Crippen molar-refractivity contribution in [3.05, 3.63) is 52.8 Å². The van der Waals surface area contributed by atoms with Crippen LogP contribution < -0.4 is 10.8 Å². The molecule has 2 aromatic heterocycles. The fourth-order valence-corrected chi connectivity index (χ4v) is 2.56. The number of benzene rings is 1. The van der Waals surface area contributed by atoms with E-state index in [9.17, 15) is 4.79 Å². The lowest BCUT2D eigenvalue weighted by Crippen LogP contribution is -2.15. The van der Waals surface area contributed by atoms with Crippen LogP contribution in [0.15, 0.2) is 30.3 Å². The summed E-state index contributed by atoms with van der Waals surface area (Å²) in [5.74, 6) is 0.451. The maximum absolute atomic E-state index is 12.5. The third kappa shape index (κ3) is 2.62. The van der Waals surface area contributed by atoms with Crippen molar-refractivity contribution in [3.63, 3.8) is 0 Å². The molecule has 2 N–H and O–H groups in total. The summed E-state index contributed by atoms with van der Waals surface area (Å²) in [6.07, 6.45) is 0. The van der Waals surface area contributed by atoms with Crippen LogP contribution in [0.1, 0.15) is 27.3 Å². The maximum Gasteiger partial charge on any atom is 0.273 e.